The maximum Gasteiger partial charge on any atom is 0.271 e. The summed E-state index contributed by atoms with van der Waals surface area (Å²) in [6.07, 6.45) is 1.36. The number of fused-ring (bicyclic) bond motifs is 6. The third-order valence-corrected chi connectivity index (χ3v) is 8.36. The second-order valence-electron chi connectivity index (χ2n) is 9.29. The van der Waals surface area contributed by atoms with E-state index in [1.807, 2.05) is 0 Å². The molecule has 9 heteroatoms. The van der Waals surface area contributed by atoms with Crippen molar-refractivity contribution in [2.75, 3.05) is 5.32 Å². The van der Waals surface area contributed by atoms with Crippen molar-refractivity contribution in [3.8, 4) is 0 Å². The summed E-state index contributed by atoms with van der Waals surface area (Å²) in [6.45, 7) is 6.25. The zero-order chi connectivity index (χ0) is 23.1. The fourth-order valence-corrected chi connectivity index (χ4v) is 5.86. The van der Waals surface area contributed by atoms with Gasteiger partial charge in [0.2, 0.25) is 5.91 Å². The molecule has 1 fully saturated rings. The monoisotopic (exact) mass is 470 g/mol. The van der Waals surface area contributed by atoms with Crippen LogP contribution in [-0.4, -0.2) is 20.8 Å². The highest BCUT2D eigenvalue weighted by Crippen LogP contribution is 2.70. The minimum atomic E-state index is -0.964. The molecule has 5 rings (SSSR count). The van der Waals surface area contributed by atoms with Crippen molar-refractivity contribution in [3.63, 3.8) is 0 Å². The number of aromatic nitrogens is 2. The number of nitrogens with zero attached hydrogens (tertiary/aromatic N) is 3. The summed E-state index contributed by atoms with van der Waals surface area (Å²) < 4.78 is 0. The zero-order valence-electron chi connectivity index (χ0n) is 17.7. The van der Waals surface area contributed by atoms with Crippen molar-refractivity contribution < 1.29 is 9.72 Å². The Kier molecular flexibility index (Phi) is 4.36. The molecule has 1 aromatic heterocycles. The topological polar surface area (TPSA) is 98.0 Å². The first kappa shape index (κ1) is 21.1. The molecule has 3 aromatic rings. The molecule has 0 radical (unpaired) electrons. The number of nitro groups is 1. The first-order chi connectivity index (χ1) is 15.0. The molecule has 2 aromatic carbocycles. The van der Waals surface area contributed by atoms with Crippen LogP contribution in [0.1, 0.15) is 45.0 Å². The van der Waals surface area contributed by atoms with E-state index in [0.29, 0.717) is 38.9 Å². The minimum absolute atomic E-state index is 0.0652. The number of hydrogen-bond donors (Lipinski definition) is 1. The standard InChI is InChI=1S/C23H20Cl2N4O3/c1-21(2)22(3)8-9-23(21,20(30)28-16-10-12(24)4-6-14(16)25)19-18(22)26-15-7-5-13(29(31)32)11-17(15)27-19/h4-7,10-11H,8-9H2,1-3H3,(H,28,30). The van der Waals surface area contributed by atoms with Crippen LogP contribution in [-0.2, 0) is 15.6 Å². The van der Waals surface area contributed by atoms with E-state index in [0.717, 1.165) is 12.1 Å². The van der Waals surface area contributed by atoms with Gasteiger partial charge in [-0.05, 0) is 42.5 Å². The number of rotatable bonds is 3. The molecule has 2 bridgehead atoms. The van der Waals surface area contributed by atoms with Crippen LogP contribution in [0, 0.1) is 15.5 Å². The SMILES string of the molecule is CC12CCC(C(=O)Nc3cc(Cl)ccc3Cl)(c3nc4cc([N+](=O)[O-])ccc4nc31)C2(C)C. The molecule has 2 aliphatic rings. The third-order valence-electron chi connectivity index (χ3n) is 7.80. The molecular weight excluding hydrogens is 451 g/mol. The number of non-ortho nitro benzene ring substituents is 1. The molecule has 2 atom stereocenters. The van der Waals surface area contributed by atoms with Crippen LogP contribution in [0.25, 0.3) is 11.0 Å². The fourth-order valence-electron chi connectivity index (χ4n) is 5.53. The van der Waals surface area contributed by atoms with E-state index in [-0.39, 0.29) is 17.0 Å². The lowest BCUT2D eigenvalue weighted by atomic mass is 9.63. The first-order valence-electron chi connectivity index (χ1n) is 10.2. The number of halogens is 2. The average molecular weight is 471 g/mol. The largest absolute Gasteiger partial charge is 0.324 e. The number of carbonyl (C=O) groups excluding carboxylic acids is 1. The van der Waals surface area contributed by atoms with E-state index in [2.05, 4.69) is 26.1 Å². The second-order valence-corrected chi connectivity index (χ2v) is 10.1. The van der Waals surface area contributed by atoms with Gasteiger partial charge in [-0.2, -0.15) is 0 Å². The molecule has 32 heavy (non-hydrogen) atoms. The predicted octanol–water partition coefficient (Wildman–Crippen LogP) is 5.81. The van der Waals surface area contributed by atoms with Crippen molar-refractivity contribution in [1.82, 2.24) is 9.97 Å². The van der Waals surface area contributed by atoms with Gasteiger partial charge >= 0.3 is 0 Å². The number of carbonyl (C=O) groups is 1. The van der Waals surface area contributed by atoms with Crippen LogP contribution in [0.2, 0.25) is 10.0 Å². The van der Waals surface area contributed by atoms with E-state index < -0.39 is 15.8 Å². The van der Waals surface area contributed by atoms with Gasteiger partial charge in [0.25, 0.3) is 5.69 Å². The van der Waals surface area contributed by atoms with Crippen LogP contribution in [0.3, 0.4) is 0 Å². The Morgan fingerprint density at radius 2 is 1.75 bits per heavy atom. The highest BCUT2D eigenvalue weighted by atomic mass is 35.5. The summed E-state index contributed by atoms with van der Waals surface area (Å²) in [7, 11) is 0. The molecule has 1 amide bonds. The minimum Gasteiger partial charge on any atom is -0.324 e. The fraction of sp³-hybridized carbons (Fsp3) is 0.348. The van der Waals surface area contributed by atoms with Gasteiger partial charge in [0, 0.05) is 22.6 Å². The van der Waals surface area contributed by atoms with Crippen molar-refractivity contribution in [2.45, 2.75) is 44.4 Å². The lowest BCUT2D eigenvalue weighted by Gasteiger charge is -2.39. The van der Waals surface area contributed by atoms with Gasteiger partial charge in [0.1, 0.15) is 0 Å². The maximum absolute atomic E-state index is 13.9. The van der Waals surface area contributed by atoms with Crippen molar-refractivity contribution in [1.29, 1.82) is 0 Å². The number of amides is 1. The van der Waals surface area contributed by atoms with Gasteiger partial charge in [-0.3, -0.25) is 14.9 Å². The number of nitro benzene ring substituents is 1. The van der Waals surface area contributed by atoms with Crippen LogP contribution in [0.5, 0.6) is 0 Å². The Balaban J connectivity index is 1.71. The van der Waals surface area contributed by atoms with Gasteiger partial charge in [-0.15, -0.1) is 0 Å². The highest BCUT2D eigenvalue weighted by Gasteiger charge is 2.73. The van der Waals surface area contributed by atoms with E-state index in [1.165, 1.54) is 12.1 Å². The smallest absolute Gasteiger partial charge is 0.271 e. The van der Waals surface area contributed by atoms with Gasteiger partial charge in [0.15, 0.2) is 0 Å². The summed E-state index contributed by atoms with van der Waals surface area (Å²) >= 11 is 12.4. The number of anilines is 1. The summed E-state index contributed by atoms with van der Waals surface area (Å²) in [5.74, 6) is -0.228. The molecule has 2 unspecified atom stereocenters. The van der Waals surface area contributed by atoms with E-state index in [9.17, 15) is 14.9 Å². The summed E-state index contributed by atoms with van der Waals surface area (Å²) in [6, 6.07) is 9.35. The Hall–Kier alpha value is -2.77. The summed E-state index contributed by atoms with van der Waals surface area (Å²) in [5.41, 5.74) is 0.869. The third kappa shape index (κ3) is 2.52. The molecule has 1 N–H and O–H groups in total. The van der Waals surface area contributed by atoms with Gasteiger partial charge < -0.3 is 5.32 Å². The average Bonchev–Trinajstić information content (AvgIpc) is 3.04. The molecule has 0 saturated heterocycles. The van der Waals surface area contributed by atoms with Gasteiger partial charge in [-0.1, -0.05) is 44.0 Å². The molecule has 0 aliphatic heterocycles. The molecule has 2 aliphatic carbocycles. The van der Waals surface area contributed by atoms with Crippen LogP contribution in [0.15, 0.2) is 36.4 Å². The Morgan fingerprint density at radius 1 is 1.03 bits per heavy atom. The Bertz CT molecular complexity index is 1340. The lowest BCUT2D eigenvalue weighted by Crippen LogP contribution is -2.48. The number of benzene rings is 2. The van der Waals surface area contributed by atoms with E-state index in [1.54, 1.807) is 24.3 Å². The lowest BCUT2D eigenvalue weighted by molar-refractivity contribution is -0.384. The van der Waals surface area contributed by atoms with Crippen molar-refractivity contribution in [2.24, 2.45) is 5.41 Å². The Labute approximate surface area is 194 Å². The highest BCUT2D eigenvalue weighted by molar-refractivity contribution is 6.35. The van der Waals surface area contributed by atoms with Gasteiger partial charge in [-0.25, -0.2) is 9.97 Å². The van der Waals surface area contributed by atoms with Crippen molar-refractivity contribution in [3.05, 3.63) is 67.9 Å². The second kappa shape index (κ2) is 6.62. The van der Waals surface area contributed by atoms with E-state index >= 15 is 0 Å². The van der Waals surface area contributed by atoms with E-state index in [4.69, 9.17) is 33.2 Å². The molecule has 164 valence electrons. The van der Waals surface area contributed by atoms with Gasteiger partial charge in [0.05, 0.1) is 43.5 Å². The maximum atomic E-state index is 13.9. The quantitative estimate of drug-likeness (QED) is 0.384. The van der Waals surface area contributed by atoms with Crippen LogP contribution < -0.4 is 5.32 Å². The predicted molar refractivity (Wildman–Crippen MR) is 123 cm³/mol. The van der Waals surface area contributed by atoms with Crippen LogP contribution in [0.4, 0.5) is 11.4 Å². The number of hydrogen-bond acceptors (Lipinski definition) is 5. The van der Waals surface area contributed by atoms with Crippen LogP contribution >= 0.6 is 23.2 Å². The molecule has 7 nitrogen and oxygen atoms in total. The number of nitrogens with one attached hydrogen (secondary N) is 1. The zero-order valence-corrected chi connectivity index (χ0v) is 19.2. The molecular formula is C23H20Cl2N4O3. The summed E-state index contributed by atoms with van der Waals surface area (Å²) in [4.78, 5) is 34.4. The molecule has 0 spiro atoms. The first-order valence-corrected chi connectivity index (χ1v) is 11.0. The molecule has 1 heterocycles. The summed E-state index contributed by atoms with van der Waals surface area (Å²) in [5, 5.41) is 15.1. The Morgan fingerprint density at radius 3 is 2.47 bits per heavy atom. The molecule has 1 saturated carbocycles. The normalized spacial score (nSPS) is 25.0. The van der Waals surface area contributed by atoms with Crippen molar-refractivity contribution >= 4 is 51.5 Å².